The highest BCUT2D eigenvalue weighted by Crippen LogP contribution is 2.29. The zero-order valence-electron chi connectivity index (χ0n) is 15.8. The lowest BCUT2D eigenvalue weighted by atomic mass is 10.0. The predicted molar refractivity (Wildman–Crippen MR) is 104 cm³/mol. The first-order valence-corrected chi connectivity index (χ1v) is 8.76. The number of rotatable bonds is 6. The summed E-state index contributed by atoms with van der Waals surface area (Å²) in [6.45, 7) is 5.63. The number of carbonyl (C=O) groups excluding carboxylic acids is 1. The molecule has 2 aromatic heterocycles. The number of nitrogens with one attached hydrogen (secondary N) is 1. The summed E-state index contributed by atoms with van der Waals surface area (Å²) >= 11 is 0. The van der Waals surface area contributed by atoms with Crippen molar-refractivity contribution in [2.24, 2.45) is 0 Å². The van der Waals surface area contributed by atoms with Crippen LogP contribution in [-0.4, -0.2) is 52.8 Å². The van der Waals surface area contributed by atoms with E-state index >= 15 is 0 Å². The molecule has 6 heteroatoms. The van der Waals surface area contributed by atoms with E-state index in [0.29, 0.717) is 6.54 Å². The zero-order valence-corrected chi connectivity index (χ0v) is 15.8. The molecule has 0 radical (unpaired) electrons. The Morgan fingerprint density at radius 2 is 1.88 bits per heavy atom. The van der Waals surface area contributed by atoms with Gasteiger partial charge in [0.05, 0.1) is 5.69 Å². The average molecular weight is 351 g/mol. The normalized spacial score (nSPS) is 11.3. The van der Waals surface area contributed by atoms with E-state index in [9.17, 15) is 4.79 Å². The van der Waals surface area contributed by atoms with Gasteiger partial charge >= 0.3 is 0 Å². The molecule has 0 saturated heterocycles. The van der Waals surface area contributed by atoms with Crippen LogP contribution in [0, 0.1) is 13.8 Å². The van der Waals surface area contributed by atoms with Crippen LogP contribution in [0.1, 0.15) is 11.3 Å². The second-order valence-corrected chi connectivity index (χ2v) is 6.82. The fraction of sp³-hybridized carbons (Fsp3) is 0.350. The maximum absolute atomic E-state index is 12.2. The van der Waals surface area contributed by atoms with Crippen LogP contribution < -0.4 is 5.32 Å². The van der Waals surface area contributed by atoms with Crippen LogP contribution in [0.15, 0.2) is 36.5 Å². The monoisotopic (exact) mass is 351 g/mol. The lowest BCUT2D eigenvalue weighted by Crippen LogP contribution is -2.33. The number of nitrogens with zero attached hydrogens (tertiary/aromatic N) is 4. The summed E-state index contributed by atoms with van der Waals surface area (Å²) in [6, 6.07) is 10.4. The van der Waals surface area contributed by atoms with Crippen LogP contribution in [0.25, 0.3) is 22.2 Å². The minimum atomic E-state index is -0.0567. The molecule has 0 unspecified atom stereocenters. The third-order valence-corrected chi connectivity index (χ3v) is 4.35. The van der Waals surface area contributed by atoms with Crippen LogP contribution in [0.4, 0.5) is 0 Å². The number of hydrogen-bond acceptors (Lipinski definition) is 4. The first-order valence-electron chi connectivity index (χ1n) is 8.76. The molecule has 2 heterocycles. The molecule has 0 aliphatic carbocycles. The van der Waals surface area contributed by atoms with E-state index in [1.165, 1.54) is 5.56 Å². The fourth-order valence-electron chi connectivity index (χ4n) is 2.98. The third-order valence-electron chi connectivity index (χ3n) is 4.35. The Hall–Kier alpha value is -2.73. The van der Waals surface area contributed by atoms with Gasteiger partial charge in [0.25, 0.3) is 0 Å². The van der Waals surface area contributed by atoms with Gasteiger partial charge in [0, 0.05) is 24.7 Å². The summed E-state index contributed by atoms with van der Waals surface area (Å²) in [5.74, 6) is -0.0567. The van der Waals surface area contributed by atoms with E-state index in [1.54, 1.807) is 10.9 Å². The van der Waals surface area contributed by atoms with Gasteiger partial charge in [0.2, 0.25) is 5.91 Å². The highest BCUT2D eigenvalue weighted by molar-refractivity contribution is 5.95. The number of aryl methyl sites for hydroxylation is 2. The standard InChI is InChI=1S/C20H25N5O/c1-14-5-7-16(8-6-14)17-9-10-22-20-19(17)15(2)23-25(20)13-18(26)21-11-12-24(3)4/h5-10H,11-13H2,1-4H3,(H,21,26). The number of fused-ring (bicyclic) bond motifs is 1. The van der Waals surface area contributed by atoms with Crippen LogP contribution in [0.3, 0.4) is 0 Å². The molecule has 0 aliphatic rings. The van der Waals surface area contributed by atoms with E-state index in [1.807, 2.05) is 32.0 Å². The Labute approximate surface area is 153 Å². The maximum Gasteiger partial charge on any atom is 0.241 e. The Kier molecular flexibility index (Phi) is 5.32. The Bertz CT molecular complexity index is 912. The molecule has 0 aliphatic heterocycles. The summed E-state index contributed by atoms with van der Waals surface area (Å²) in [6.07, 6.45) is 1.78. The minimum Gasteiger partial charge on any atom is -0.353 e. The second kappa shape index (κ2) is 7.66. The minimum absolute atomic E-state index is 0.0567. The smallest absolute Gasteiger partial charge is 0.241 e. The predicted octanol–water partition coefficient (Wildman–Crippen LogP) is 2.39. The number of aromatic nitrogens is 3. The van der Waals surface area contributed by atoms with Crippen molar-refractivity contribution < 1.29 is 4.79 Å². The summed E-state index contributed by atoms with van der Waals surface area (Å²) in [7, 11) is 3.96. The zero-order chi connectivity index (χ0) is 18.7. The maximum atomic E-state index is 12.2. The molecule has 1 N–H and O–H groups in total. The molecule has 136 valence electrons. The van der Waals surface area contributed by atoms with Crippen molar-refractivity contribution >= 4 is 16.9 Å². The first kappa shape index (κ1) is 18.1. The van der Waals surface area contributed by atoms with Gasteiger partial charge < -0.3 is 10.2 Å². The van der Waals surface area contributed by atoms with E-state index in [-0.39, 0.29) is 12.5 Å². The topological polar surface area (TPSA) is 63.1 Å². The molecule has 0 saturated carbocycles. The van der Waals surface area contributed by atoms with E-state index in [4.69, 9.17) is 0 Å². The van der Waals surface area contributed by atoms with Gasteiger partial charge in [0.1, 0.15) is 6.54 Å². The van der Waals surface area contributed by atoms with Gasteiger partial charge in [-0.15, -0.1) is 0 Å². The number of pyridine rings is 1. The molecular formula is C20H25N5O. The van der Waals surface area contributed by atoms with Crippen LogP contribution in [0.5, 0.6) is 0 Å². The molecular weight excluding hydrogens is 326 g/mol. The van der Waals surface area contributed by atoms with E-state index < -0.39 is 0 Å². The molecule has 0 spiro atoms. The van der Waals surface area contributed by atoms with E-state index in [2.05, 4.69) is 46.6 Å². The molecule has 3 rings (SSSR count). The number of likely N-dealkylation sites (N-methyl/N-ethyl adjacent to an activating group) is 1. The average Bonchev–Trinajstić information content (AvgIpc) is 2.91. The largest absolute Gasteiger partial charge is 0.353 e. The Morgan fingerprint density at radius 1 is 1.15 bits per heavy atom. The van der Waals surface area contributed by atoms with E-state index in [0.717, 1.165) is 34.4 Å². The molecule has 0 bridgehead atoms. The summed E-state index contributed by atoms with van der Waals surface area (Å²) in [5, 5.41) is 8.48. The fourth-order valence-corrected chi connectivity index (χ4v) is 2.98. The van der Waals surface area contributed by atoms with Gasteiger partial charge in [-0.2, -0.15) is 5.10 Å². The summed E-state index contributed by atoms with van der Waals surface area (Å²) < 4.78 is 1.69. The van der Waals surface area contributed by atoms with Crippen molar-refractivity contribution in [2.45, 2.75) is 20.4 Å². The quantitative estimate of drug-likeness (QED) is 0.741. The molecule has 0 atom stereocenters. The Morgan fingerprint density at radius 3 is 2.58 bits per heavy atom. The molecule has 6 nitrogen and oxygen atoms in total. The van der Waals surface area contributed by atoms with Gasteiger partial charge in [-0.05, 0) is 45.1 Å². The number of carbonyl (C=O) groups is 1. The van der Waals surface area contributed by atoms with Gasteiger partial charge in [-0.1, -0.05) is 29.8 Å². The third kappa shape index (κ3) is 3.91. The van der Waals surface area contributed by atoms with Crippen LogP contribution in [-0.2, 0) is 11.3 Å². The highest BCUT2D eigenvalue weighted by atomic mass is 16.2. The van der Waals surface area contributed by atoms with Gasteiger partial charge in [0.15, 0.2) is 5.65 Å². The number of benzene rings is 1. The molecule has 26 heavy (non-hydrogen) atoms. The molecule has 0 fully saturated rings. The summed E-state index contributed by atoms with van der Waals surface area (Å²) in [4.78, 5) is 18.7. The highest BCUT2D eigenvalue weighted by Gasteiger charge is 2.15. The van der Waals surface area contributed by atoms with Crippen molar-refractivity contribution in [2.75, 3.05) is 27.2 Å². The van der Waals surface area contributed by atoms with Crippen molar-refractivity contribution in [3.8, 4) is 11.1 Å². The second-order valence-electron chi connectivity index (χ2n) is 6.82. The Balaban J connectivity index is 1.88. The summed E-state index contributed by atoms with van der Waals surface area (Å²) in [5.41, 5.74) is 5.06. The SMILES string of the molecule is Cc1ccc(-c2ccnc3c2c(C)nn3CC(=O)NCCN(C)C)cc1. The van der Waals surface area contributed by atoms with Crippen molar-refractivity contribution in [3.63, 3.8) is 0 Å². The molecule has 1 aromatic carbocycles. The lowest BCUT2D eigenvalue weighted by molar-refractivity contribution is -0.121. The number of amides is 1. The van der Waals surface area contributed by atoms with Crippen molar-refractivity contribution in [1.82, 2.24) is 25.0 Å². The van der Waals surface area contributed by atoms with Crippen LogP contribution in [0.2, 0.25) is 0 Å². The lowest BCUT2D eigenvalue weighted by Gasteiger charge is -2.10. The van der Waals surface area contributed by atoms with Gasteiger partial charge in [-0.25, -0.2) is 9.67 Å². The molecule has 3 aromatic rings. The first-order chi connectivity index (χ1) is 12.5. The van der Waals surface area contributed by atoms with Crippen molar-refractivity contribution in [1.29, 1.82) is 0 Å². The molecule has 1 amide bonds. The number of hydrogen-bond donors (Lipinski definition) is 1. The van der Waals surface area contributed by atoms with Gasteiger partial charge in [-0.3, -0.25) is 4.79 Å². The van der Waals surface area contributed by atoms with Crippen molar-refractivity contribution in [3.05, 3.63) is 47.8 Å². The van der Waals surface area contributed by atoms with Crippen LogP contribution >= 0.6 is 0 Å².